The third kappa shape index (κ3) is 6.24. The van der Waals surface area contributed by atoms with Gasteiger partial charge in [0.05, 0.1) is 10.0 Å². The Hall–Kier alpha value is -2.24. The molecule has 2 aromatic carbocycles. The quantitative estimate of drug-likeness (QED) is 0.781. The summed E-state index contributed by atoms with van der Waals surface area (Å²) in [5, 5.41) is 6.35. The van der Waals surface area contributed by atoms with Gasteiger partial charge >= 0.3 is 0 Å². The van der Waals surface area contributed by atoms with Crippen LogP contribution in [-0.2, 0) is 4.79 Å². The van der Waals surface area contributed by atoms with Crippen LogP contribution in [0, 0.1) is 0 Å². The molecular weight excluding hydrogens is 375 g/mol. The Labute approximate surface area is 162 Å². The topological polar surface area (TPSA) is 67.4 Å². The number of hydrogen-bond donors (Lipinski definition) is 2. The van der Waals surface area contributed by atoms with E-state index in [4.69, 9.17) is 27.9 Å². The fourth-order valence-electron chi connectivity index (χ4n) is 2.03. The van der Waals surface area contributed by atoms with E-state index in [1.807, 2.05) is 20.8 Å². The normalized spacial score (nSPS) is 11.0. The number of amides is 2. The van der Waals surface area contributed by atoms with E-state index in [9.17, 15) is 9.59 Å². The average molecular weight is 395 g/mol. The van der Waals surface area contributed by atoms with Crippen molar-refractivity contribution in [1.29, 1.82) is 0 Å². The molecule has 0 atom stereocenters. The van der Waals surface area contributed by atoms with Gasteiger partial charge in [-0.1, -0.05) is 23.2 Å². The number of nitrogens with one attached hydrogen (secondary N) is 2. The summed E-state index contributed by atoms with van der Waals surface area (Å²) in [6, 6.07) is 11.4. The minimum absolute atomic E-state index is 0.168. The molecule has 0 spiro atoms. The summed E-state index contributed by atoms with van der Waals surface area (Å²) in [6.07, 6.45) is 0. The standard InChI is InChI=1S/C19H20Cl2N2O3/c1-19(2,3)23-18(25)12-4-6-13(7-5-12)22-17(24)11-26-14-8-9-15(20)16(21)10-14/h4-10H,11H2,1-3H3,(H,22,24)(H,23,25). The summed E-state index contributed by atoms with van der Waals surface area (Å²) >= 11 is 11.7. The molecule has 0 saturated carbocycles. The van der Waals surface area contributed by atoms with Crippen LogP contribution in [-0.4, -0.2) is 24.0 Å². The van der Waals surface area contributed by atoms with Gasteiger partial charge in [0.25, 0.3) is 11.8 Å². The average Bonchev–Trinajstić information content (AvgIpc) is 2.55. The molecule has 0 aliphatic heterocycles. The minimum Gasteiger partial charge on any atom is -0.484 e. The monoisotopic (exact) mass is 394 g/mol. The lowest BCUT2D eigenvalue weighted by molar-refractivity contribution is -0.118. The first-order valence-corrected chi connectivity index (χ1v) is 8.70. The van der Waals surface area contributed by atoms with Crippen LogP contribution < -0.4 is 15.4 Å². The molecule has 26 heavy (non-hydrogen) atoms. The molecule has 0 unspecified atom stereocenters. The largest absolute Gasteiger partial charge is 0.484 e. The van der Waals surface area contributed by atoms with Crippen molar-refractivity contribution in [3.63, 3.8) is 0 Å². The molecule has 0 saturated heterocycles. The van der Waals surface area contributed by atoms with E-state index in [-0.39, 0.29) is 24.0 Å². The van der Waals surface area contributed by atoms with Gasteiger partial charge in [0.1, 0.15) is 5.75 Å². The van der Waals surface area contributed by atoms with Gasteiger partial charge in [-0.05, 0) is 57.2 Å². The molecular formula is C19H20Cl2N2O3. The van der Waals surface area contributed by atoms with E-state index < -0.39 is 0 Å². The second-order valence-corrected chi connectivity index (χ2v) is 7.51. The number of halogens is 2. The number of benzene rings is 2. The smallest absolute Gasteiger partial charge is 0.262 e. The van der Waals surface area contributed by atoms with Crippen molar-refractivity contribution < 1.29 is 14.3 Å². The molecule has 5 nitrogen and oxygen atoms in total. The number of hydrogen-bond acceptors (Lipinski definition) is 3. The van der Waals surface area contributed by atoms with Crippen molar-refractivity contribution in [2.75, 3.05) is 11.9 Å². The summed E-state index contributed by atoms with van der Waals surface area (Å²) in [4.78, 5) is 24.0. The molecule has 0 radical (unpaired) electrons. The van der Waals surface area contributed by atoms with E-state index in [0.717, 1.165) is 0 Å². The maximum atomic E-state index is 12.1. The molecule has 0 aliphatic rings. The van der Waals surface area contributed by atoms with Crippen molar-refractivity contribution in [2.45, 2.75) is 26.3 Å². The fraction of sp³-hybridized carbons (Fsp3) is 0.263. The second kappa shape index (κ2) is 8.43. The molecule has 0 heterocycles. The summed E-state index contributed by atoms with van der Waals surface area (Å²) in [5.74, 6) is -0.0509. The first-order valence-electron chi connectivity index (χ1n) is 7.94. The second-order valence-electron chi connectivity index (χ2n) is 6.69. The highest BCUT2D eigenvalue weighted by Gasteiger charge is 2.15. The van der Waals surface area contributed by atoms with Crippen LogP contribution in [0.4, 0.5) is 5.69 Å². The van der Waals surface area contributed by atoms with E-state index in [2.05, 4.69) is 10.6 Å². The lowest BCUT2D eigenvalue weighted by atomic mass is 10.1. The van der Waals surface area contributed by atoms with Crippen LogP contribution >= 0.6 is 23.2 Å². The zero-order chi connectivity index (χ0) is 19.3. The SMILES string of the molecule is CC(C)(C)NC(=O)c1ccc(NC(=O)COc2ccc(Cl)c(Cl)c2)cc1. The van der Waals surface area contributed by atoms with E-state index in [1.54, 1.807) is 42.5 Å². The van der Waals surface area contributed by atoms with E-state index >= 15 is 0 Å². The Morgan fingerprint density at radius 2 is 1.65 bits per heavy atom. The predicted molar refractivity (Wildman–Crippen MR) is 104 cm³/mol. The highest BCUT2D eigenvalue weighted by Crippen LogP contribution is 2.26. The third-order valence-electron chi connectivity index (χ3n) is 3.18. The summed E-state index contributed by atoms with van der Waals surface area (Å²) in [6.45, 7) is 5.55. The van der Waals surface area contributed by atoms with Gasteiger partial charge in [-0.25, -0.2) is 0 Å². The first kappa shape index (κ1) is 20.1. The highest BCUT2D eigenvalue weighted by atomic mass is 35.5. The molecule has 0 aliphatic carbocycles. The Morgan fingerprint density at radius 1 is 1.00 bits per heavy atom. The van der Waals surface area contributed by atoms with Crippen LogP contribution in [0.15, 0.2) is 42.5 Å². The Balaban J connectivity index is 1.88. The number of carbonyl (C=O) groups excluding carboxylic acids is 2. The van der Waals surface area contributed by atoms with Gasteiger partial charge in [-0.2, -0.15) is 0 Å². The van der Waals surface area contributed by atoms with Gasteiger partial charge in [0, 0.05) is 22.9 Å². The summed E-state index contributed by atoms with van der Waals surface area (Å²) in [7, 11) is 0. The maximum absolute atomic E-state index is 12.1. The van der Waals surface area contributed by atoms with Gasteiger partial charge in [-0.3, -0.25) is 9.59 Å². The van der Waals surface area contributed by atoms with Crippen molar-refractivity contribution in [3.8, 4) is 5.75 Å². The first-order chi connectivity index (χ1) is 12.1. The van der Waals surface area contributed by atoms with Crippen molar-refractivity contribution >= 4 is 40.7 Å². The van der Waals surface area contributed by atoms with E-state index in [0.29, 0.717) is 27.0 Å². The third-order valence-corrected chi connectivity index (χ3v) is 3.92. The summed E-state index contributed by atoms with van der Waals surface area (Å²) < 4.78 is 5.37. The van der Waals surface area contributed by atoms with Gasteiger partial charge < -0.3 is 15.4 Å². The lowest BCUT2D eigenvalue weighted by Gasteiger charge is -2.20. The van der Waals surface area contributed by atoms with Crippen LogP contribution in [0.3, 0.4) is 0 Å². The van der Waals surface area contributed by atoms with Crippen molar-refractivity contribution in [3.05, 3.63) is 58.1 Å². The van der Waals surface area contributed by atoms with Crippen molar-refractivity contribution in [2.24, 2.45) is 0 Å². The van der Waals surface area contributed by atoms with Crippen LogP contribution in [0.2, 0.25) is 10.0 Å². The Morgan fingerprint density at radius 3 is 2.23 bits per heavy atom. The number of rotatable bonds is 5. The molecule has 0 bridgehead atoms. The van der Waals surface area contributed by atoms with Crippen LogP contribution in [0.1, 0.15) is 31.1 Å². The molecule has 0 aromatic heterocycles. The molecule has 2 rings (SSSR count). The lowest BCUT2D eigenvalue weighted by Crippen LogP contribution is -2.40. The number of ether oxygens (including phenoxy) is 1. The minimum atomic E-state index is -0.331. The molecule has 7 heteroatoms. The van der Waals surface area contributed by atoms with Gasteiger partial charge in [-0.15, -0.1) is 0 Å². The number of anilines is 1. The van der Waals surface area contributed by atoms with Crippen molar-refractivity contribution in [1.82, 2.24) is 5.32 Å². The molecule has 0 fully saturated rings. The Bertz CT molecular complexity index is 799. The van der Waals surface area contributed by atoms with E-state index in [1.165, 1.54) is 0 Å². The van der Waals surface area contributed by atoms with Crippen LogP contribution in [0.5, 0.6) is 5.75 Å². The molecule has 2 aromatic rings. The zero-order valence-electron chi connectivity index (χ0n) is 14.7. The molecule has 2 amide bonds. The fourth-order valence-corrected chi connectivity index (χ4v) is 2.32. The summed E-state index contributed by atoms with van der Waals surface area (Å²) in [5.41, 5.74) is 0.774. The van der Waals surface area contributed by atoms with Gasteiger partial charge in [0.2, 0.25) is 0 Å². The molecule has 138 valence electrons. The predicted octanol–water partition coefficient (Wildman–Crippen LogP) is 4.54. The van der Waals surface area contributed by atoms with Gasteiger partial charge in [0.15, 0.2) is 6.61 Å². The zero-order valence-corrected chi connectivity index (χ0v) is 16.2. The number of carbonyl (C=O) groups is 2. The highest BCUT2D eigenvalue weighted by molar-refractivity contribution is 6.42. The Kier molecular flexibility index (Phi) is 6.51. The molecule has 2 N–H and O–H groups in total. The van der Waals surface area contributed by atoms with Crippen LogP contribution in [0.25, 0.3) is 0 Å². The maximum Gasteiger partial charge on any atom is 0.262 e.